The third kappa shape index (κ3) is 4.55. The number of amides is 3. The molecule has 0 atom stereocenters. The predicted molar refractivity (Wildman–Crippen MR) is 54.7 cm³/mol. The number of imide groups is 1. The number of carbonyl (C=O) groups excluding carboxylic acids is 3. The van der Waals surface area contributed by atoms with Crippen molar-refractivity contribution in [1.29, 1.82) is 0 Å². The van der Waals surface area contributed by atoms with Crippen LogP contribution in [0.1, 0.15) is 20.3 Å². The molecule has 0 bridgehead atoms. The molecule has 0 rings (SSSR count). The third-order valence-electron chi connectivity index (χ3n) is 1.71. The summed E-state index contributed by atoms with van der Waals surface area (Å²) in [5, 5.41) is 2.40. The second-order valence-electron chi connectivity index (χ2n) is 3.02. The maximum absolute atomic E-state index is 11.4. The van der Waals surface area contributed by atoms with Crippen molar-refractivity contribution >= 4 is 17.7 Å². The maximum Gasteiger partial charge on any atom is 0.318 e. The number of rotatable bonds is 4. The largest absolute Gasteiger partial charge is 0.348 e. The van der Waals surface area contributed by atoms with E-state index >= 15 is 0 Å². The van der Waals surface area contributed by atoms with Gasteiger partial charge in [-0.1, -0.05) is 6.92 Å². The molecular formula is C9H17N3O3. The van der Waals surface area contributed by atoms with Gasteiger partial charge in [0.05, 0.1) is 0 Å². The first-order chi connectivity index (χ1) is 7.04. The van der Waals surface area contributed by atoms with E-state index in [9.17, 15) is 14.4 Å². The van der Waals surface area contributed by atoms with Crippen LogP contribution in [0.3, 0.4) is 0 Å². The van der Waals surface area contributed by atoms with Crippen molar-refractivity contribution in [2.75, 3.05) is 19.6 Å². The normalized spacial score (nSPS) is 9.53. The van der Waals surface area contributed by atoms with Crippen molar-refractivity contribution in [3.8, 4) is 0 Å². The molecule has 0 aromatic rings. The van der Waals surface area contributed by atoms with Gasteiger partial charge in [0.2, 0.25) is 5.91 Å². The van der Waals surface area contributed by atoms with Crippen molar-refractivity contribution in [2.45, 2.75) is 20.3 Å². The number of carbonyl (C=O) groups is 3. The Kier molecular flexibility index (Phi) is 6.28. The van der Waals surface area contributed by atoms with Crippen LogP contribution in [0.5, 0.6) is 0 Å². The van der Waals surface area contributed by atoms with Gasteiger partial charge in [0.1, 0.15) is 0 Å². The minimum absolute atomic E-state index is 0.0632. The first-order valence-corrected chi connectivity index (χ1v) is 4.84. The van der Waals surface area contributed by atoms with E-state index in [1.54, 1.807) is 0 Å². The summed E-state index contributed by atoms with van der Waals surface area (Å²) in [6.45, 7) is 3.72. The molecule has 0 saturated carbocycles. The molecule has 0 aromatic carbocycles. The minimum atomic E-state index is -0.846. The summed E-state index contributed by atoms with van der Waals surface area (Å²) in [5.41, 5.74) is 5.23. The molecule has 0 saturated heterocycles. The van der Waals surface area contributed by atoms with Crippen LogP contribution >= 0.6 is 0 Å². The van der Waals surface area contributed by atoms with Crippen LogP contribution in [0.15, 0.2) is 0 Å². The van der Waals surface area contributed by atoms with Gasteiger partial charge in [-0.3, -0.25) is 19.3 Å². The Labute approximate surface area is 88.8 Å². The van der Waals surface area contributed by atoms with Gasteiger partial charge >= 0.3 is 11.8 Å². The van der Waals surface area contributed by atoms with Crippen LogP contribution in [0.2, 0.25) is 0 Å². The summed E-state index contributed by atoms with van der Waals surface area (Å²) in [5.74, 6) is -2.08. The van der Waals surface area contributed by atoms with Gasteiger partial charge in [-0.2, -0.15) is 0 Å². The molecule has 0 unspecified atom stereocenters. The topological polar surface area (TPSA) is 92.5 Å². The summed E-state index contributed by atoms with van der Waals surface area (Å²) in [4.78, 5) is 34.5. The molecule has 0 heterocycles. The van der Waals surface area contributed by atoms with E-state index in [4.69, 9.17) is 5.73 Å². The van der Waals surface area contributed by atoms with E-state index in [1.165, 1.54) is 6.92 Å². The number of nitrogens with one attached hydrogen (secondary N) is 1. The molecule has 6 heteroatoms. The zero-order valence-corrected chi connectivity index (χ0v) is 9.08. The SMILES string of the molecule is CCCNC(=O)C(=O)N(CCN)C(C)=O. The van der Waals surface area contributed by atoms with Gasteiger partial charge in [0.25, 0.3) is 0 Å². The second kappa shape index (κ2) is 6.94. The molecule has 6 nitrogen and oxygen atoms in total. The molecule has 0 spiro atoms. The lowest BCUT2D eigenvalue weighted by Gasteiger charge is -2.17. The number of nitrogens with two attached hydrogens (primary N) is 1. The van der Waals surface area contributed by atoms with E-state index in [0.717, 1.165) is 11.3 Å². The number of nitrogens with zero attached hydrogens (tertiary/aromatic N) is 1. The van der Waals surface area contributed by atoms with Crippen molar-refractivity contribution < 1.29 is 14.4 Å². The lowest BCUT2D eigenvalue weighted by molar-refractivity contribution is -0.151. The van der Waals surface area contributed by atoms with Gasteiger partial charge in [-0.25, -0.2) is 0 Å². The molecule has 0 aliphatic heterocycles. The second-order valence-corrected chi connectivity index (χ2v) is 3.02. The Morgan fingerprint density at radius 2 is 1.93 bits per heavy atom. The fraction of sp³-hybridized carbons (Fsp3) is 0.667. The molecule has 0 fully saturated rings. The lowest BCUT2D eigenvalue weighted by Crippen LogP contribution is -2.47. The Morgan fingerprint density at radius 1 is 1.33 bits per heavy atom. The minimum Gasteiger partial charge on any atom is -0.348 e. The highest BCUT2D eigenvalue weighted by atomic mass is 16.2. The lowest BCUT2D eigenvalue weighted by atomic mass is 10.4. The summed E-state index contributed by atoms with van der Waals surface area (Å²) in [6.07, 6.45) is 0.732. The molecule has 0 aliphatic carbocycles. The molecule has 15 heavy (non-hydrogen) atoms. The van der Waals surface area contributed by atoms with Crippen molar-refractivity contribution in [3.05, 3.63) is 0 Å². The summed E-state index contributed by atoms with van der Waals surface area (Å²) in [7, 11) is 0. The van der Waals surface area contributed by atoms with Crippen LogP contribution in [0, 0.1) is 0 Å². The van der Waals surface area contributed by atoms with Crippen LogP contribution in [-0.4, -0.2) is 42.3 Å². The van der Waals surface area contributed by atoms with Crippen molar-refractivity contribution in [1.82, 2.24) is 10.2 Å². The maximum atomic E-state index is 11.4. The third-order valence-corrected chi connectivity index (χ3v) is 1.71. The highest BCUT2D eigenvalue weighted by Gasteiger charge is 2.23. The van der Waals surface area contributed by atoms with Gasteiger partial charge in [0, 0.05) is 26.6 Å². The average Bonchev–Trinajstić information content (AvgIpc) is 2.21. The fourth-order valence-electron chi connectivity index (χ4n) is 0.968. The molecule has 3 N–H and O–H groups in total. The van der Waals surface area contributed by atoms with Gasteiger partial charge in [-0.15, -0.1) is 0 Å². The molecule has 0 aliphatic rings. The smallest absolute Gasteiger partial charge is 0.318 e. The highest BCUT2D eigenvalue weighted by molar-refractivity contribution is 6.37. The molecule has 86 valence electrons. The van der Waals surface area contributed by atoms with Crippen molar-refractivity contribution in [2.24, 2.45) is 5.73 Å². The monoisotopic (exact) mass is 215 g/mol. The first kappa shape index (κ1) is 13.6. The molecule has 3 amide bonds. The standard InChI is InChI=1S/C9H17N3O3/c1-3-5-11-8(14)9(15)12(6-4-10)7(2)13/h3-6,10H2,1-2H3,(H,11,14). The number of hydrogen-bond donors (Lipinski definition) is 2. The zero-order chi connectivity index (χ0) is 11.8. The average molecular weight is 215 g/mol. The predicted octanol–water partition coefficient (Wildman–Crippen LogP) is -1.15. The van der Waals surface area contributed by atoms with Crippen LogP contribution in [0.25, 0.3) is 0 Å². The Bertz CT molecular complexity index is 253. The van der Waals surface area contributed by atoms with Gasteiger partial charge in [-0.05, 0) is 6.42 Å². The van der Waals surface area contributed by atoms with Crippen LogP contribution < -0.4 is 11.1 Å². The van der Waals surface area contributed by atoms with E-state index in [-0.39, 0.29) is 13.1 Å². The quantitative estimate of drug-likeness (QED) is 0.579. The molecule has 0 radical (unpaired) electrons. The van der Waals surface area contributed by atoms with Crippen LogP contribution in [-0.2, 0) is 14.4 Å². The van der Waals surface area contributed by atoms with Crippen molar-refractivity contribution in [3.63, 3.8) is 0 Å². The summed E-state index contributed by atoms with van der Waals surface area (Å²) in [6, 6.07) is 0. The summed E-state index contributed by atoms with van der Waals surface area (Å²) >= 11 is 0. The Morgan fingerprint density at radius 3 is 2.33 bits per heavy atom. The van der Waals surface area contributed by atoms with E-state index in [0.29, 0.717) is 6.54 Å². The summed E-state index contributed by atoms with van der Waals surface area (Å²) < 4.78 is 0. The zero-order valence-electron chi connectivity index (χ0n) is 9.08. The molecular weight excluding hydrogens is 198 g/mol. The van der Waals surface area contributed by atoms with E-state index in [1.807, 2.05) is 6.92 Å². The number of hydrogen-bond acceptors (Lipinski definition) is 4. The van der Waals surface area contributed by atoms with Gasteiger partial charge < -0.3 is 11.1 Å². The highest BCUT2D eigenvalue weighted by Crippen LogP contribution is 1.91. The molecule has 0 aromatic heterocycles. The Hall–Kier alpha value is -1.43. The van der Waals surface area contributed by atoms with E-state index in [2.05, 4.69) is 5.32 Å². The van der Waals surface area contributed by atoms with Crippen LogP contribution in [0.4, 0.5) is 0 Å². The van der Waals surface area contributed by atoms with E-state index < -0.39 is 17.7 Å². The first-order valence-electron chi connectivity index (χ1n) is 4.84. The Balaban J connectivity index is 4.36. The van der Waals surface area contributed by atoms with Gasteiger partial charge in [0.15, 0.2) is 0 Å². The fourth-order valence-corrected chi connectivity index (χ4v) is 0.968.